The third-order valence-corrected chi connectivity index (χ3v) is 0.877. The number of carboxylic acid groups (broad SMARTS) is 2. The Hall–Kier alpha value is 3.28. The van der Waals surface area contributed by atoms with Gasteiger partial charge in [-0.1, -0.05) is 0 Å². The van der Waals surface area contributed by atoms with Gasteiger partial charge in [0.2, 0.25) is 0 Å². The summed E-state index contributed by atoms with van der Waals surface area (Å²) in [4.78, 5) is 38.2. The molecule has 0 rings (SSSR count). The zero-order valence-corrected chi connectivity index (χ0v) is 18.9. The fraction of sp³-hybridized carbons (Fsp3) is 0.500. The van der Waals surface area contributed by atoms with E-state index in [0.29, 0.717) is 0 Å². The molecule has 2 N–H and O–H groups in total. The molecular formula is C6H11K3O7. The van der Waals surface area contributed by atoms with E-state index < -0.39 is 24.5 Å². The van der Waals surface area contributed by atoms with E-state index in [1.165, 1.54) is 0 Å². The van der Waals surface area contributed by atoms with Gasteiger partial charge in [-0.3, -0.25) is 9.68 Å². The molecule has 0 aromatic heterocycles. The first-order chi connectivity index (χ1) is 6.02. The summed E-state index contributed by atoms with van der Waals surface area (Å²) in [6.07, 6.45) is -0.732. The minimum absolute atomic E-state index is 0. The zero-order valence-electron chi connectivity index (χ0n) is 12.6. The number of hydrogen-bond donors (Lipinski definition) is 2. The number of carbonyl (C=O) groups is 3. The predicted molar refractivity (Wildman–Crippen MR) is 39.9 cm³/mol. The molecule has 0 spiro atoms. The summed E-state index contributed by atoms with van der Waals surface area (Å²) in [5.74, 6) is -3.34. The fourth-order valence-electron chi connectivity index (χ4n) is 0.396. The minimum Gasteiger partial charge on any atom is -1.00 e. The third kappa shape index (κ3) is 22.5. The van der Waals surface area contributed by atoms with Crippen LogP contribution in [0.1, 0.15) is 17.1 Å². The van der Waals surface area contributed by atoms with Crippen LogP contribution < -0.4 is 154 Å². The van der Waals surface area contributed by atoms with Crippen molar-refractivity contribution >= 4 is 17.9 Å². The van der Waals surface area contributed by atoms with Gasteiger partial charge in [-0.05, 0) is 0 Å². The summed E-state index contributed by atoms with van der Waals surface area (Å²) in [6.45, 7) is -0.765. The molecule has 0 saturated heterocycles. The number of carbonyl (C=O) groups excluding carboxylic acids is 1. The van der Waals surface area contributed by atoms with E-state index in [2.05, 4.69) is 9.78 Å². The van der Waals surface area contributed by atoms with Crippen LogP contribution in [0.15, 0.2) is 0 Å². The Morgan fingerprint density at radius 1 is 0.938 bits per heavy atom. The maximum atomic E-state index is 10.5. The zero-order chi connectivity index (χ0) is 10.3. The number of carboxylic acids is 2. The monoisotopic (exact) mass is 312 g/mol. The van der Waals surface area contributed by atoms with E-state index in [-0.39, 0.29) is 171 Å². The molecule has 0 aromatic rings. The molecule has 0 saturated carbocycles. The van der Waals surface area contributed by atoms with E-state index in [0.717, 1.165) is 0 Å². The predicted octanol–water partition coefficient (Wildman–Crippen LogP) is -9.24. The van der Waals surface area contributed by atoms with Crippen LogP contribution in [0.3, 0.4) is 0 Å². The van der Waals surface area contributed by atoms with Crippen LogP contribution in [0.2, 0.25) is 0 Å². The second-order valence-corrected chi connectivity index (χ2v) is 2.01. The van der Waals surface area contributed by atoms with Crippen LogP contribution in [0, 0.1) is 0 Å². The first-order valence-electron chi connectivity index (χ1n) is 3.28. The first kappa shape index (κ1) is 27.6. The molecule has 10 heteroatoms. The van der Waals surface area contributed by atoms with Crippen molar-refractivity contribution in [1.29, 1.82) is 0 Å². The van der Waals surface area contributed by atoms with Crippen LogP contribution >= 0.6 is 0 Å². The van der Waals surface area contributed by atoms with Gasteiger partial charge < -0.3 is 14.5 Å². The van der Waals surface area contributed by atoms with Crippen molar-refractivity contribution in [2.75, 3.05) is 6.61 Å². The van der Waals surface area contributed by atoms with Gasteiger partial charge in [-0.25, -0.2) is 9.59 Å². The average molecular weight is 312 g/mol. The van der Waals surface area contributed by atoms with Crippen molar-refractivity contribution in [3.05, 3.63) is 0 Å². The Kier molecular flexibility index (Phi) is 31.5. The topological polar surface area (TPSA) is 110 Å². The normalized spacial score (nSPS) is 7.50. The summed E-state index contributed by atoms with van der Waals surface area (Å²) in [5, 5.41) is 16.2. The first-order valence-corrected chi connectivity index (χ1v) is 3.28. The van der Waals surface area contributed by atoms with Crippen LogP contribution in [0.25, 0.3) is 0 Å². The number of aliphatic carboxylic acids is 2. The molecule has 0 aliphatic carbocycles. The number of rotatable bonds is 6. The SMILES string of the molecule is O=C(O)CCC(=O)OOCC(=O)O.[H-].[H-].[H-].[K+].[K+].[K+]. The summed E-state index contributed by atoms with van der Waals surface area (Å²) >= 11 is 0. The molecule has 16 heavy (non-hydrogen) atoms. The van der Waals surface area contributed by atoms with Gasteiger partial charge >= 0.3 is 172 Å². The molecule has 0 atom stereocenters. The Morgan fingerprint density at radius 3 is 1.81 bits per heavy atom. The van der Waals surface area contributed by atoms with Crippen molar-refractivity contribution in [3.63, 3.8) is 0 Å². The molecule has 0 fully saturated rings. The van der Waals surface area contributed by atoms with E-state index in [1.54, 1.807) is 0 Å². The summed E-state index contributed by atoms with van der Waals surface area (Å²) in [6, 6.07) is 0. The third-order valence-electron chi connectivity index (χ3n) is 0.877. The maximum Gasteiger partial charge on any atom is 1.00 e. The van der Waals surface area contributed by atoms with E-state index in [1.807, 2.05) is 0 Å². The Labute approximate surface area is 224 Å². The van der Waals surface area contributed by atoms with E-state index in [9.17, 15) is 14.4 Å². The summed E-state index contributed by atoms with van der Waals surface area (Å²) in [7, 11) is 0. The van der Waals surface area contributed by atoms with Crippen molar-refractivity contribution in [2.24, 2.45) is 0 Å². The van der Waals surface area contributed by atoms with Gasteiger partial charge in [-0.2, -0.15) is 4.89 Å². The quantitative estimate of drug-likeness (QED) is 0.285. The Morgan fingerprint density at radius 2 is 1.44 bits per heavy atom. The van der Waals surface area contributed by atoms with Gasteiger partial charge in [-0.15, -0.1) is 0 Å². The van der Waals surface area contributed by atoms with Crippen molar-refractivity contribution < 1.29 is 193 Å². The largest absolute Gasteiger partial charge is 1.00 e. The number of hydrogen-bond acceptors (Lipinski definition) is 5. The van der Waals surface area contributed by atoms with E-state index >= 15 is 0 Å². The van der Waals surface area contributed by atoms with E-state index in [4.69, 9.17) is 10.2 Å². The maximum absolute atomic E-state index is 10.5. The standard InChI is InChI=1S/C6H8O7.3K.3H/c7-4(8)1-2-6(11)13-12-3-5(9)10;;;;;;/h1-3H2,(H,7,8)(H,9,10);;;;;;/q;3*+1;3*-1. The second kappa shape index (κ2) is 18.3. The molecule has 7 nitrogen and oxygen atoms in total. The van der Waals surface area contributed by atoms with Gasteiger partial charge in [0.25, 0.3) is 0 Å². The van der Waals surface area contributed by atoms with Gasteiger partial charge in [0, 0.05) is 0 Å². The molecule has 0 amide bonds. The van der Waals surface area contributed by atoms with Crippen molar-refractivity contribution in [3.8, 4) is 0 Å². The Balaban J connectivity index is -0.0000000480. The Bertz CT molecular complexity index is 232. The van der Waals surface area contributed by atoms with Crippen molar-refractivity contribution in [2.45, 2.75) is 12.8 Å². The second-order valence-electron chi connectivity index (χ2n) is 2.01. The van der Waals surface area contributed by atoms with Crippen LogP contribution in [-0.2, 0) is 24.2 Å². The summed E-state index contributed by atoms with van der Waals surface area (Å²) in [5.41, 5.74) is 0. The van der Waals surface area contributed by atoms with Crippen LogP contribution in [0.5, 0.6) is 0 Å². The average Bonchev–Trinajstić information content (AvgIpc) is 2.00. The molecule has 0 heterocycles. The molecule has 0 unspecified atom stereocenters. The van der Waals surface area contributed by atoms with Crippen LogP contribution in [-0.4, -0.2) is 34.7 Å². The fourth-order valence-corrected chi connectivity index (χ4v) is 0.396. The molecule has 0 aliphatic heterocycles. The summed E-state index contributed by atoms with van der Waals surface area (Å²) < 4.78 is 0. The molecule has 0 bridgehead atoms. The smallest absolute Gasteiger partial charge is 1.00 e. The van der Waals surface area contributed by atoms with Gasteiger partial charge in [0.15, 0.2) is 6.61 Å². The molecule has 0 aliphatic rings. The van der Waals surface area contributed by atoms with Gasteiger partial charge in [0.05, 0.1) is 12.8 Å². The van der Waals surface area contributed by atoms with Gasteiger partial charge in [0.1, 0.15) is 0 Å². The van der Waals surface area contributed by atoms with Crippen LogP contribution in [0.4, 0.5) is 0 Å². The minimum atomic E-state index is -1.29. The van der Waals surface area contributed by atoms with Crippen molar-refractivity contribution in [1.82, 2.24) is 0 Å². The molecular weight excluding hydrogens is 301 g/mol. The molecule has 0 aromatic carbocycles. The molecule has 0 radical (unpaired) electrons. The molecule has 80 valence electrons.